The topological polar surface area (TPSA) is 15.3 Å². The lowest BCUT2D eigenvalue weighted by molar-refractivity contribution is 0.156. The zero-order chi connectivity index (χ0) is 11.9. The van der Waals surface area contributed by atoms with Crippen molar-refractivity contribution in [2.75, 3.05) is 26.2 Å². The van der Waals surface area contributed by atoms with Gasteiger partial charge in [-0.05, 0) is 57.7 Å². The Morgan fingerprint density at radius 2 is 1.71 bits per heavy atom. The van der Waals surface area contributed by atoms with Crippen LogP contribution in [0.25, 0.3) is 0 Å². The minimum atomic E-state index is 0.803. The van der Waals surface area contributed by atoms with Crippen LogP contribution in [-0.4, -0.2) is 37.1 Å². The van der Waals surface area contributed by atoms with E-state index < -0.39 is 0 Å². The molecule has 0 atom stereocenters. The summed E-state index contributed by atoms with van der Waals surface area (Å²) in [6.45, 7) is 7.51. The second-order valence-electron chi connectivity index (χ2n) is 6.03. The Bertz CT molecular complexity index is 191. The van der Waals surface area contributed by atoms with Crippen molar-refractivity contribution >= 4 is 0 Å². The largest absolute Gasteiger partial charge is 0.314 e. The number of nitrogens with zero attached hydrogens (tertiary/aromatic N) is 1. The van der Waals surface area contributed by atoms with Crippen molar-refractivity contribution in [1.29, 1.82) is 0 Å². The van der Waals surface area contributed by atoms with Gasteiger partial charge in [-0.15, -0.1) is 0 Å². The summed E-state index contributed by atoms with van der Waals surface area (Å²) >= 11 is 0. The molecule has 0 radical (unpaired) electrons. The van der Waals surface area contributed by atoms with Crippen LogP contribution in [0.1, 0.15) is 58.3 Å². The minimum absolute atomic E-state index is 0.803. The molecule has 1 heterocycles. The van der Waals surface area contributed by atoms with Crippen LogP contribution in [0.5, 0.6) is 0 Å². The molecule has 0 bridgehead atoms. The van der Waals surface area contributed by atoms with E-state index in [0.29, 0.717) is 0 Å². The van der Waals surface area contributed by atoms with Crippen molar-refractivity contribution in [3.63, 3.8) is 0 Å². The first-order valence-corrected chi connectivity index (χ1v) is 7.84. The molecular formula is C15H30N2. The Kier molecular flexibility index (Phi) is 5.79. The average Bonchev–Trinajstić information content (AvgIpc) is 2.39. The third-order valence-electron chi connectivity index (χ3n) is 4.51. The van der Waals surface area contributed by atoms with Gasteiger partial charge in [0, 0.05) is 12.6 Å². The summed E-state index contributed by atoms with van der Waals surface area (Å²) in [5, 5.41) is 3.67. The molecule has 100 valence electrons. The zero-order valence-electron chi connectivity index (χ0n) is 11.6. The van der Waals surface area contributed by atoms with Gasteiger partial charge in [0.25, 0.3) is 0 Å². The van der Waals surface area contributed by atoms with Crippen LogP contribution in [0, 0.1) is 5.92 Å². The summed E-state index contributed by atoms with van der Waals surface area (Å²) in [5.74, 6) is 1.02. The molecule has 1 aliphatic carbocycles. The molecule has 1 saturated heterocycles. The number of piperidine rings is 1. The molecule has 2 fully saturated rings. The van der Waals surface area contributed by atoms with E-state index in [0.717, 1.165) is 12.0 Å². The lowest BCUT2D eigenvalue weighted by Gasteiger charge is -2.35. The van der Waals surface area contributed by atoms with Crippen LogP contribution in [0.3, 0.4) is 0 Å². The minimum Gasteiger partial charge on any atom is -0.314 e. The second-order valence-corrected chi connectivity index (χ2v) is 6.03. The number of rotatable bonds is 5. The van der Waals surface area contributed by atoms with Gasteiger partial charge < -0.3 is 10.2 Å². The molecule has 1 saturated carbocycles. The monoisotopic (exact) mass is 238 g/mol. The molecule has 0 aromatic heterocycles. The van der Waals surface area contributed by atoms with E-state index in [1.165, 1.54) is 77.5 Å². The fourth-order valence-corrected chi connectivity index (χ4v) is 3.40. The van der Waals surface area contributed by atoms with Crippen molar-refractivity contribution in [1.82, 2.24) is 10.2 Å². The van der Waals surface area contributed by atoms with Crippen molar-refractivity contribution in [3.05, 3.63) is 0 Å². The Morgan fingerprint density at radius 1 is 1.00 bits per heavy atom. The molecule has 17 heavy (non-hydrogen) atoms. The van der Waals surface area contributed by atoms with Crippen LogP contribution in [-0.2, 0) is 0 Å². The van der Waals surface area contributed by atoms with Crippen LogP contribution in [0.4, 0.5) is 0 Å². The highest BCUT2D eigenvalue weighted by molar-refractivity contribution is 4.79. The van der Waals surface area contributed by atoms with Crippen LogP contribution < -0.4 is 5.32 Å². The summed E-state index contributed by atoms with van der Waals surface area (Å²) in [6.07, 6.45) is 11.4. The highest BCUT2D eigenvalue weighted by Gasteiger charge is 2.22. The Hall–Kier alpha value is -0.0800. The number of hydrogen-bond acceptors (Lipinski definition) is 2. The van der Waals surface area contributed by atoms with Gasteiger partial charge in [0.05, 0.1) is 0 Å². The molecule has 2 rings (SSSR count). The molecule has 0 aromatic carbocycles. The van der Waals surface area contributed by atoms with E-state index in [1.807, 2.05) is 0 Å². The fourth-order valence-electron chi connectivity index (χ4n) is 3.40. The first-order chi connectivity index (χ1) is 8.38. The molecule has 0 spiro atoms. The molecule has 0 amide bonds. The fraction of sp³-hybridized carbons (Fsp3) is 1.00. The van der Waals surface area contributed by atoms with Gasteiger partial charge in [0.2, 0.25) is 0 Å². The predicted molar refractivity (Wildman–Crippen MR) is 74.3 cm³/mol. The Labute approximate surface area is 107 Å². The lowest BCUT2D eigenvalue weighted by Crippen LogP contribution is -2.44. The van der Waals surface area contributed by atoms with Crippen molar-refractivity contribution in [2.24, 2.45) is 5.92 Å². The predicted octanol–water partition coefficient (Wildman–Crippen LogP) is 3.03. The van der Waals surface area contributed by atoms with Gasteiger partial charge in [-0.25, -0.2) is 0 Å². The zero-order valence-corrected chi connectivity index (χ0v) is 11.6. The standard InChI is InChI=1S/C15H30N2/c1-2-10-16-15-8-11-17(12-9-15)13-14-6-4-3-5-7-14/h14-16H,2-13H2,1H3. The number of likely N-dealkylation sites (tertiary alicyclic amines) is 1. The quantitative estimate of drug-likeness (QED) is 0.792. The average molecular weight is 238 g/mol. The molecule has 2 nitrogen and oxygen atoms in total. The van der Waals surface area contributed by atoms with Crippen LogP contribution in [0.15, 0.2) is 0 Å². The first-order valence-electron chi connectivity index (χ1n) is 7.84. The third kappa shape index (κ3) is 4.59. The summed E-state index contributed by atoms with van der Waals surface area (Å²) in [5.41, 5.74) is 0. The summed E-state index contributed by atoms with van der Waals surface area (Å²) in [7, 11) is 0. The lowest BCUT2D eigenvalue weighted by atomic mass is 9.88. The molecule has 0 aromatic rings. The normalized spacial score (nSPS) is 25.2. The number of hydrogen-bond donors (Lipinski definition) is 1. The van der Waals surface area contributed by atoms with Crippen LogP contribution in [0.2, 0.25) is 0 Å². The smallest absolute Gasteiger partial charge is 0.00914 e. The molecule has 2 heteroatoms. The summed E-state index contributed by atoms with van der Waals surface area (Å²) < 4.78 is 0. The van der Waals surface area contributed by atoms with Gasteiger partial charge in [-0.3, -0.25) is 0 Å². The molecule has 1 aliphatic heterocycles. The highest BCUT2D eigenvalue weighted by atomic mass is 15.1. The van der Waals surface area contributed by atoms with Gasteiger partial charge in [-0.2, -0.15) is 0 Å². The Balaban J connectivity index is 1.61. The maximum Gasteiger partial charge on any atom is 0.00914 e. The van der Waals surface area contributed by atoms with Gasteiger partial charge in [0.15, 0.2) is 0 Å². The second kappa shape index (κ2) is 7.38. The maximum absolute atomic E-state index is 3.67. The van der Waals surface area contributed by atoms with Gasteiger partial charge in [0.1, 0.15) is 0 Å². The van der Waals surface area contributed by atoms with Gasteiger partial charge in [-0.1, -0.05) is 26.2 Å². The van der Waals surface area contributed by atoms with Crippen molar-refractivity contribution in [2.45, 2.75) is 64.3 Å². The molecular weight excluding hydrogens is 208 g/mol. The Morgan fingerprint density at radius 3 is 2.35 bits per heavy atom. The van der Waals surface area contributed by atoms with Crippen LogP contribution >= 0.6 is 0 Å². The molecule has 0 unspecified atom stereocenters. The van der Waals surface area contributed by atoms with E-state index in [1.54, 1.807) is 0 Å². The maximum atomic E-state index is 3.67. The third-order valence-corrected chi connectivity index (χ3v) is 4.51. The summed E-state index contributed by atoms with van der Waals surface area (Å²) in [6, 6.07) is 0.803. The molecule has 2 aliphatic rings. The number of nitrogens with one attached hydrogen (secondary N) is 1. The van der Waals surface area contributed by atoms with E-state index in [4.69, 9.17) is 0 Å². The summed E-state index contributed by atoms with van der Waals surface area (Å²) in [4.78, 5) is 2.72. The van der Waals surface area contributed by atoms with Crippen molar-refractivity contribution < 1.29 is 0 Å². The first kappa shape index (κ1) is 13.4. The van der Waals surface area contributed by atoms with E-state index in [9.17, 15) is 0 Å². The van der Waals surface area contributed by atoms with Gasteiger partial charge >= 0.3 is 0 Å². The van der Waals surface area contributed by atoms with E-state index >= 15 is 0 Å². The van der Waals surface area contributed by atoms with E-state index in [2.05, 4.69) is 17.1 Å². The van der Waals surface area contributed by atoms with Crippen molar-refractivity contribution in [3.8, 4) is 0 Å². The SMILES string of the molecule is CCCNC1CCN(CC2CCCCC2)CC1. The molecule has 1 N–H and O–H groups in total. The van der Waals surface area contributed by atoms with E-state index in [-0.39, 0.29) is 0 Å². The highest BCUT2D eigenvalue weighted by Crippen LogP contribution is 2.25.